The summed E-state index contributed by atoms with van der Waals surface area (Å²) >= 11 is 0. The molecule has 3 fully saturated rings. The number of fused-ring (bicyclic) bond motifs is 1. The fraction of sp³-hybridized carbons (Fsp3) is 0.895. The number of aliphatic hydroxyl groups is 1. The Bertz CT molecular complexity index is 502. The second kappa shape index (κ2) is 6.66. The summed E-state index contributed by atoms with van der Waals surface area (Å²) < 4.78 is 5.52. The molecule has 3 rings (SSSR count). The average molecular weight is 337 g/mol. The van der Waals surface area contributed by atoms with Crippen molar-refractivity contribution in [2.24, 2.45) is 11.8 Å². The predicted molar refractivity (Wildman–Crippen MR) is 90.2 cm³/mol. The van der Waals surface area contributed by atoms with Crippen molar-refractivity contribution in [1.82, 2.24) is 5.32 Å². The van der Waals surface area contributed by atoms with Crippen LogP contribution in [0.1, 0.15) is 78.1 Å². The van der Waals surface area contributed by atoms with Crippen LogP contribution in [-0.2, 0) is 14.3 Å². The molecule has 2 aliphatic heterocycles. The Morgan fingerprint density at radius 1 is 1.21 bits per heavy atom. The minimum absolute atomic E-state index is 0.0741. The molecule has 2 saturated heterocycles. The zero-order valence-corrected chi connectivity index (χ0v) is 15.0. The maximum absolute atomic E-state index is 12.6. The quantitative estimate of drug-likeness (QED) is 0.553. The van der Waals surface area contributed by atoms with E-state index in [0.29, 0.717) is 0 Å². The largest absolute Gasteiger partial charge is 0.453 e. The predicted octanol–water partition coefficient (Wildman–Crippen LogP) is 2.70. The molecule has 1 amide bonds. The third-order valence-electron chi connectivity index (χ3n) is 6.60. The van der Waals surface area contributed by atoms with Crippen molar-refractivity contribution in [2.45, 2.75) is 95.3 Å². The van der Waals surface area contributed by atoms with Gasteiger partial charge in [-0.3, -0.25) is 4.79 Å². The summed E-state index contributed by atoms with van der Waals surface area (Å²) in [5, 5.41) is 13.9. The Morgan fingerprint density at radius 2 is 1.92 bits per heavy atom. The Balaban J connectivity index is 1.76. The second-order valence-corrected chi connectivity index (χ2v) is 8.04. The molecule has 0 bridgehead atoms. The first-order valence-electron chi connectivity index (χ1n) is 9.71. The summed E-state index contributed by atoms with van der Waals surface area (Å²) in [6, 6.07) is 0. The van der Waals surface area contributed by atoms with E-state index in [1.165, 1.54) is 6.42 Å². The van der Waals surface area contributed by atoms with Crippen LogP contribution in [0.4, 0.5) is 0 Å². The molecule has 0 radical (unpaired) electrons. The number of amides is 1. The van der Waals surface area contributed by atoms with E-state index in [4.69, 9.17) is 4.74 Å². The van der Waals surface area contributed by atoms with Crippen LogP contribution < -0.4 is 5.32 Å². The molecule has 4 atom stereocenters. The van der Waals surface area contributed by atoms with Gasteiger partial charge in [0.15, 0.2) is 5.60 Å². The zero-order chi connectivity index (χ0) is 17.4. The monoisotopic (exact) mass is 337 g/mol. The number of hydrogen-bond donors (Lipinski definition) is 2. The molecule has 24 heavy (non-hydrogen) atoms. The van der Waals surface area contributed by atoms with Crippen molar-refractivity contribution in [3.63, 3.8) is 0 Å². The minimum Gasteiger partial charge on any atom is -0.453 e. The van der Waals surface area contributed by atoms with Gasteiger partial charge in [0.1, 0.15) is 0 Å². The molecule has 5 heteroatoms. The van der Waals surface area contributed by atoms with Crippen LogP contribution in [0.25, 0.3) is 0 Å². The molecule has 2 heterocycles. The lowest BCUT2D eigenvalue weighted by molar-refractivity contribution is -0.240. The molecule has 0 aromatic rings. The van der Waals surface area contributed by atoms with E-state index in [1.54, 1.807) is 0 Å². The SMILES string of the molecule is CCCCCCC1C(=O)NC2(C(O)C3CCCCC3)C(=O)OC12C. The van der Waals surface area contributed by atoms with Gasteiger partial charge in [0.25, 0.3) is 0 Å². The lowest BCUT2D eigenvalue weighted by atomic mass is 9.63. The summed E-state index contributed by atoms with van der Waals surface area (Å²) in [6.07, 6.45) is 9.40. The number of carbonyl (C=O) groups is 2. The number of esters is 1. The molecule has 3 aliphatic rings. The summed E-state index contributed by atoms with van der Waals surface area (Å²) in [7, 11) is 0. The van der Waals surface area contributed by atoms with Gasteiger partial charge < -0.3 is 15.2 Å². The third kappa shape index (κ3) is 2.47. The highest BCUT2D eigenvalue weighted by Crippen LogP contribution is 2.54. The number of unbranched alkanes of at least 4 members (excludes halogenated alkanes) is 3. The highest BCUT2D eigenvalue weighted by Gasteiger charge is 2.79. The van der Waals surface area contributed by atoms with Gasteiger partial charge in [0.2, 0.25) is 11.4 Å². The van der Waals surface area contributed by atoms with Gasteiger partial charge in [-0.25, -0.2) is 4.79 Å². The second-order valence-electron chi connectivity index (χ2n) is 8.04. The van der Waals surface area contributed by atoms with Crippen LogP contribution in [0.5, 0.6) is 0 Å². The van der Waals surface area contributed by atoms with Crippen molar-refractivity contribution < 1.29 is 19.4 Å². The maximum atomic E-state index is 12.6. The molecule has 0 aromatic carbocycles. The van der Waals surface area contributed by atoms with Crippen LogP contribution in [0.15, 0.2) is 0 Å². The van der Waals surface area contributed by atoms with Crippen LogP contribution in [-0.4, -0.2) is 34.2 Å². The molecule has 0 aromatic heterocycles. The first-order valence-corrected chi connectivity index (χ1v) is 9.71. The van der Waals surface area contributed by atoms with E-state index < -0.39 is 23.2 Å². The molecule has 136 valence electrons. The van der Waals surface area contributed by atoms with Crippen LogP contribution in [0.3, 0.4) is 0 Å². The minimum atomic E-state index is -1.22. The van der Waals surface area contributed by atoms with Crippen LogP contribution in [0, 0.1) is 11.8 Å². The number of ether oxygens (including phenoxy) is 1. The molecule has 4 unspecified atom stereocenters. The first-order chi connectivity index (χ1) is 11.5. The summed E-state index contributed by atoms with van der Waals surface area (Å²) in [6.45, 7) is 3.99. The Labute approximate surface area is 144 Å². The molecular weight excluding hydrogens is 306 g/mol. The molecule has 5 nitrogen and oxygen atoms in total. The van der Waals surface area contributed by atoms with Crippen LogP contribution >= 0.6 is 0 Å². The van der Waals surface area contributed by atoms with Gasteiger partial charge >= 0.3 is 5.97 Å². The maximum Gasteiger partial charge on any atom is 0.339 e. The lowest BCUT2D eigenvalue weighted by Crippen LogP contribution is -2.80. The van der Waals surface area contributed by atoms with E-state index in [2.05, 4.69) is 12.2 Å². The normalized spacial score (nSPS) is 37.4. The van der Waals surface area contributed by atoms with Crippen molar-refractivity contribution in [1.29, 1.82) is 0 Å². The van der Waals surface area contributed by atoms with Gasteiger partial charge in [-0.2, -0.15) is 0 Å². The smallest absolute Gasteiger partial charge is 0.339 e. The molecule has 1 saturated carbocycles. The Hall–Kier alpha value is -1.10. The summed E-state index contributed by atoms with van der Waals surface area (Å²) in [5.74, 6) is -0.849. The Morgan fingerprint density at radius 3 is 2.54 bits per heavy atom. The zero-order valence-electron chi connectivity index (χ0n) is 15.0. The van der Waals surface area contributed by atoms with E-state index in [0.717, 1.165) is 57.8 Å². The standard InChI is InChI=1S/C19H31NO4/c1-3-4-5-9-12-14-16(22)20-19(17(23)24-18(14,19)2)15(21)13-10-7-6-8-11-13/h13-15,21H,3-12H2,1-2H3,(H,20,22). The van der Waals surface area contributed by atoms with Crippen LogP contribution in [0.2, 0.25) is 0 Å². The van der Waals surface area contributed by atoms with E-state index >= 15 is 0 Å². The summed E-state index contributed by atoms with van der Waals surface area (Å²) in [5.41, 5.74) is -2.12. The van der Waals surface area contributed by atoms with Crippen molar-refractivity contribution in [3.8, 4) is 0 Å². The van der Waals surface area contributed by atoms with Crippen molar-refractivity contribution >= 4 is 11.9 Å². The van der Waals surface area contributed by atoms with Crippen molar-refractivity contribution in [3.05, 3.63) is 0 Å². The number of aliphatic hydroxyl groups excluding tert-OH is 1. The lowest BCUT2D eigenvalue weighted by Gasteiger charge is -2.55. The van der Waals surface area contributed by atoms with E-state index in [1.807, 2.05) is 6.92 Å². The average Bonchev–Trinajstić information content (AvgIpc) is 2.76. The summed E-state index contributed by atoms with van der Waals surface area (Å²) in [4.78, 5) is 25.0. The highest BCUT2D eigenvalue weighted by atomic mass is 16.6. The van der Waals surface area contributed by atoms with Gasteiger partial charge in [0, 0.05) is 0 Å². The Kier molecular flexibility index (Phi) is 4.92. The van der Waals surface area contributed by atoms with E-state index in [9.17, 15) is 14.7 Å². The van der Waals surface area contributed by atoms with Gasteiger partial charge in [-0.15, -0.1) is 0 Å². The topological polar surface area (TPSA) is 75.6 Å². The molecule has 1 aliphatic carbocycles. The van der Waals surface area contributed by atoms with E-state index in [-0.39, 0.29) is 17.7 Å². The number of nitrogens with one attached hydrogen (secondary N) is 1. The highest BCUT2D eigenvalue weighted by molar-refractivity contribution is 6.01. The fourth-order valence-electron chi connectivity index (χ4n) is 5.04. The van der Waals surface area contributed by atoms with Gasteiger partial charge in [-0.1, -0.05) is 51.9 Å². The number of hydrogen-bond acceptors (Lipinski definition) is 4. The first kappa shape index (κ1) is 17.7. The van der Waals surface area contributed by atoms with Gasteiger partial charge in [0.05, 0.1) is 12.0 Å². The molecule has 0 spiro atoms. The molecular formula is C19H31NO4. The van der Waals surface area contributed by atoms with Gasteiger partial charge in [-0.05, 0) is 32.1 Å². The third-order valence-corrected chi connectivity index (χ3v) is 6.60. The number of rotatable bonds is 7. The van der Waals surface area contributed by atoms with Crippen molar-refractivity contribution in [2.75, 3.05) is 0 Å². The molecule has 2 N–H and O–H groups in total. The fourth-order valence-corrected chi connectivity index (χ4v) is 5.04. The number of carbonyl (C=O) groups excluding carboxylic acids is 2.